The highest BCUT2D eigenvalue weighted by molar-refractivity contribution is 7.91. The van der Waals surface area contributed by atoms with Gasteiger partial charge in [0.05, 0.1) is 18.6 Å². The van der Waals surface area contributed by atoms with Crippen molar-refractivity contribution < 1.29 is 17.9 Å². The van der Waals surface area contributed by atoms with Crippen molar-refractivity contribution >= 4 is 21.8 Å². The number of ether oxygens (including phenoxy) is 1. The molecule has 1 aliphatic heterocycles. The lowest BCUT2D eigenvalue weighted by Crippen LogP contribution is -2.39. The molecule has 6 heteroatoms. The standard InChI is InChI=1S/C21H23NO4S/c1-26-20-9-5-8-18(14-20)15-22(19-12-13-27(24,25)16-19)21(23)11-10-17-6-3-2-4-7-17/h2-11,14,19H,12-13,15-16H2,1H3. The van der Waals surface area contributed by atoms with Crippen LogP contribution in [0.1, 0.15) is 17.5 Å². The van der Waals surface area contributed by atoms with E-state index in [9.17, 15) is 13.2 Å². The van der Waals surface area contributed by atoms with E-state index in [0.29, 0.717) is 18.7 Å². The molecule has 0 aromatic heterocycles. The van der Waals surface area contributed by atoms with Crippen LogP contribution in [0.25, 0.3) is 6.08 Å². The van der Waals surface area contributed by atoms with Gasteiger partial charge in [-0.1, -0.05) is 42.5 Å². The van der Waals surface area contributed by atoms with Crippen LogP contribution in [-0.4, -0.2) is 43.9 Å². The van der Waals surface area contributed by atoms with Gasteiger partial charge in [-0.3, -0.25) is 4.79 Å². The fourth-order valence-corrected chi connectivity index (χ4v) is 4.93. The maximum Gasteiger partial charge on any atom is 0.247 e. The summed E-state index contributed by atoms with van der Waals surface area (Å²) in [5.74, 6) is 0.659. The number of benzene rings is 2. The van der Waals surface area contributed by atoms with Crippen molar-refractivity contribution in [3.63, 3.8) is 0 Å². The van der Waals surface area contributed by atoms with Crippen LogP contribution in [0, 0.1) is 0 Å². The molecule has 0 bridgehead atoms. The lowest BCUT2D eigenvalue weighted by molar-refractivity contribution is -0.128. The second-order valence-corrected chi connectivity index (χ2v) is 8.85. The number of hydrogen-bond donors (Lipinski definition) is 0. The normalized spacial score (nSPS) is 18.5. The molecule has 27 heavy (non-hydrogen) atoms. The summed E-state index contributed by atoms with van der Waals surface area (Å²) in [5.41, 5.74) is 1.83. The van der Waals surface area contributed by atoms with Crippen LogP contribution in [0.2, 0.25) is 0 Å². The van der Waals surface area contributed by atoms with E-state index in [-0.39, 0.29) is 23.5 Å². The molecule has 0 N–H and O–H groups in total. The maximum absolute atomic E-state index is 12.9. The molecule has 2 aromatic carbocycles. The Hall–Kier alpha value is -2.60. The van der Waals surface area contributed by atoms with Crippen molar-refractivity contribution in [2.45, 2.75) is 19.0 Å². The van der Waals surface area contributed by atoms with Gasteiger partial charge in [-0.25, -0.2) is 8.42 Å². The van der Waals surface area contributed by atoms with Gasteiger partial charge in [0.25, 0.3) is 0 Å². The first-order valence-corrected chi connectivity index (χ1v) is 10.7. The molecule has 3 rings (SSSR count). The third-order valence-electron chi connectivity index (χ3n) is 4.64. The molecule has 1 atom stereocenters. The molecular formula is C21H23NO4S. The zero-order valence-corrected chi connectivity index (χ0v) is 16.1. The topological polar surface area (TPSA) is 63.7 Å². The number of hydrogen-bond acceptors (Lipinski definition) is 4. The summed E-state index contributed by atoms with van der Waals surface area (Å²) in [6, 6.07) is 16.7. The van der Waals surface area contributed by atoms with Crippen LogP contribution in [0.5, 0.6) is 5.75 Å². The largest absolute Gasteiger partial charge is 0.497 e. The average Bonchev–Trinajstić information content (AvgIpc) is 3.04. The SMILES string of the molecule is COc1cccc(CN(C(=O)C=Cc2ccccc2)C2CCS(=O)(=O)C2)c1. The molecule has 1 amide bonds. The fourth-order valence-electron chi connectivity index (χ4n) is 3.20. The van der Waals surface area contributed by atoms with E-state index in [0.717, 1.165) is 11.1 Å². The van der Waals surface area contributed by atoms with Gasteiger partial charge in [-0.05, 0) is 35.8 Å². The van der Waals surface area contributed by atoms with E-state index in [1.807, 2.05) is 54.6 Å². The molecule has 2 aromatic rings. The maximum atomic E-state index is 12.9. The summed E-state index contributed by atoms with van der Waals surface area (Å²) in [6.45, 7) is 0.343. The highest BCUT2D eigenvalue weighted by atomic mass is 32.2. The molecule has 0 spiro atoms. The summed E-state index contributed by atoms with van der Waals surface area (Å²) >= 11 is 0. The van der Waals surface area contributed by atoms with Crippen molar-refractivity contribution in [2.24, 2.45) is 0 Å². The van der Waals surface area contributed by atoms with Crippen LogP contribution >= 0.6 is 0 Å². The summed E-state index contributed by atoms with van der Waals surface area (Å²) < 4.78 is 29.1. The number of nitrogens with zero attached hydrogens (tertiary/aromatic N) is 1. The smallest absolute Gasteiger partial charge is 0.247 e. The van der Waals surface area contributed by atoms with Crippen molar-refractivity contribution in [1.82, 2.24) is 4.90 Å². The summed E-state index contributed by atoms with van der Waals surface area (Å²) in [4.78, 5) is 14.5. The van der Waals surface area contributed by atoms with Gasteiger partial charge < -0.3 is 9.64 Å². The minimum absolute atomic E-state index is 0.0158. The summed E-state index contributed by atoms with van der Waals surface area (Å²) in [5, 5.41) is 0. The zero-order valence-electron chi connectivity index (χ0n) is 15.2. The van der Waals surface area contributed by atoms with E-state index in [2.05, 4.69) is 0 Å². The number of sulfone groups is 1. The Balaban J connectivity index is 1.82. The van der Waals surface area contributed by atoms with Crippen molar-refractivity contribution in [2.75, 3.05) is 18.6 Å². The molecule has 1 saturated heterocycles. The molecular weight excluding hydrogens is 362 g/mol. The molecule has 1 aliphatic rings. The van der Waals surface area contributed by atoms with Gasteiger partial charge >= 0.3 is 0 Å². The summed E-state index contributed by atoms with van der Waals surface area (Å²) in [6.07, 6.45) is 3.74. The molecule has 1 unspecified atom stereocenters. The molecule has 1 fully saturated rings. The highest BCUT2D eigenvalue weighted by Gasteiger charge is 2.34. The predicted molar refractivity (Wildman–Crippen MR) is 106 cm³/mol. The second-order valence-electron chi connectivity index (χ2n) is 6.62. The molecule has 0 radical (unpaired) electrons. The van der Waals surface area contributed by atoms with Gasteiger partial charge in [0.15, 0.2) is 9.84 Å². The van der Waals surface area contributed by atoms with Gasteiger partial charge in [0, 0.05) is 18.7 Å². The Morgan fingerprint density at radius 1 is 1.19 bits per heavy atom. The first-order valence-electron chi connectivity index (χ1n) is 8.84. The second kappa shape index (κ2) is 8.39. The molecule has 1 heterocycles. The lowest BCUT2D eigenvalue weighted by Gasteiger charge is -2.27. The number of carbonyl (C=O) groups excluding carboxylic acids is 1. The van der Waals surface area contributed by atoms with Crippen LogP contribution in [0.3, 0.4) is 0 Å². The van der Waals surface area contributed by atoms with Crippen molar-refractivity contribution in [3.05, 3.63) is 71.8 Å². The fraction of sp³-hybridized carbons (Fsp3) is 0.286. The van der Waals surface area contributed by atoms with Gasteiger partial charge in [-0.2, -0.15) is 0 Å². The van der Waals surface area contributed by atoms with E-state index < -0.39 is 9.84 Å². The van der Waals surface area contributed by atoms with Crippen LogP contribution in [0.15, 0.2) is 60.7 Å². The Bertz CT molecular complexity index is 922. The first kappa shape index (κ1) is 19.2. The monoisotopic (exact) mass is 385 g/mol. The molecule has 142 valence electrons. The Morgan fingerprint density at radius 3 is 2.63 bits per heavy atom. The van der Waals surface area contributed by atoms with Gasteiger partial charge in [0.2, 0.25) is 5.91 Å². The van der Waals surface area contributed by atoms with Gasteiger partial charge in [-0.15, -0.1) is 0 Å². The third-order valence-corrected chi connectivity index (χ3v) is 6.39. The van der Waals surface area contributed by atoms with E-state index in [4.69, 9.17) is 4.74 Å². The number of rotatable bonds is 6. The number of carbonyl (C=O) groups is 1. The van der Waals surface area contributed by atoms with Crippen molar-refractivity contribution in [1.29, 1.82) is 0 Å². The Labute approximate surface area is 160 Å². The Morgan fingerprint density at radius 2 is 1.96 bits per heavy atom. The lowest BCUT2D eigenvalue weighted by atomic mass is 10.1. The van der Waals surface area contributed by atoms with E-state index in [1.54, 1.807) is 18.1 Å². The minimum Gasteiger partial charge on any atom is -0.497 e. The third kappa shape index (κ3) is 5.20. The Kier molecular flexibility index (Phi) is 5.96. The number of methoxy groups -OCH3 is 1. The zero-order chi connectivity index (χ0) is 19.3. The first-order chi connectivity index (χ1) is 13.0. The van der Waals surface area contributed by atoms with Crippen LogP contribution in [-0.2, 0) is 21.2 Å². The van der Waals surface area contributed by atoms with Crippen molar-refractivity contribution in [3.8, 4) is 5.75 Å². The van der Waals surface area contributed by atoms with E-state index in [1.165, 1.54) is 6.08 Å². The number of amides is 1. The predicted octanol–water partition coefficient (Wildman–Crippen LogP) is 2.92. The average molecular weight is 385 g/mol. The minimum atomic E-state index is -3.09. The molecule has 0 aliphatic carbocycles. The summed E-state index contributed by atoms with van der Waals surface area (Å²) in [7, 11) is -1.50. The van der Waals surface area contributed by atoms with E-state index >= 15 is 0 Å². The van der Waals surface area contributed by atoms with Crippen LogP contribution in [0.4, 0.5) is 0 Å². The highest BCUT2D eigenvalue weighted by Crippen LogP contribution is 2.22. The quantitative estimate of drug-likeness (QED) is 0.717. The van der Waals surface area contributed by atoms with Gasteiger partial charge in [0.1, 0.15) is 5.75 Å². The molecule has 0 saturated carbocycles. The molecule has 5 nitrogen and oxygen atoms in total. The van der Waals surface area contributed by atoms with Crippen LogP contribution < -0.4 is 4.74 Å².